The van der Waals surface area contributed by atoms with Gasteiger partial charge in [0.2, 0.25) is 0 Å². The van der Waals surface area contributed by atoms with E-state index >= 15 is 0 Å². The first-order valence-electron chi connectivity index (χ1n) is 16.1. The minimum atomic E-state index is -0.0868. The van der Waals surface area contributed by atoms with E-state index in [0.717, 1.165) is 50.3 Å². The van der Waals surface area contributed by atoms with Gasteiger partial charge in [0.15, 0.2) is 13.1 Å². The fourth-order valence-corrected chi connectivity index (χ4v) is 5.97. The van der Waals surface area contributed by atoms with E-state index in [1.807, 2.05) is 11.8 Å². The summed E-state index contributed by atoms with van der Waals surface area (Å²) in [7, 11) is 8.39. The van der Waals surface area contributed by atoms with Crippen molar-refractivity contribution >= 4 is 48.5 Å². The molecule has 0 aliphatic heterocycles. The Morgan fingerprint density at radius 3 is 1.12 bits per heavy atom. The van der Waals surface area contributed by atoms with Crippen molar-refractivity contribution in [1.29, 1.82) is 0 Å². The minimum Gasteiger partial charge on any atom is -0.462 e. The summed E-state index contributed by atoms with van der Waals surface area (Å²) in [6.45, 7) is 8.28. The van der Waals surface area contributed by atoms with Crippen molar-refractivity contribution in [1.82, 2.24) is 0 Å². The molecule has 0 amide bonds. The van der Waals surface area contributed by atoms with E-state index < -0.39 is 0 Å². The Balaban J connectivity index is -0.00000722. The number of hydrogen-bond donors (Lipinski definition) is 0. The number of rotatable bonds is 28. The maximum Gasteiger partial charge on any atom is 0.361 e. The average Bonchev–Trinajstić information content (AvgIpc) is 2.85. The van der Waals surface area contributed by atoms with E-state index in [1.54, 1.807) is 0 Å². The SMILES string of the molecule is CCCCCCCCCCOC(=O)C[N+](C)(C)CCSCC[N+](C)(C)CC(=O)OCCCCCCCCCC.Cl.Cl. The van der Waals surface area contributed by atoms with Gasteiger partial charge in [0.05, 0.1) is 54.5 Å². The average molecular weight is 648 g/mol. The lowest BCUT2D eigenvalue weighted by Gasteiger charge is -2.30. The molecule has 0 bridgehead atoms. The zero-order chi connectivity index (χ0) is 29.2. The molecular weight excluding hydrogens is 579 g/mol. The van der Waals surface area contributed by atoms with Crippen molar-refractivity contribution in [3.8, 4) is 0 Å². The van der Waals surface area contributed by atoms with Crippen molar-refractivity contribution in [3.63, 3.8) is 0 Å². The van der Waals surface area contributed by atoms with E-state index in [2.05, 4.69) is 42.0 Å². The number of likely N-dealkylation sites (N-methyl/N-ethyl adjacent to an activating group) is 2. The monoisotopic (exact) mass is 646 g/mol. The third kappa shape index (κ3) is 32.5. The molecule has 9 heteroatoms. The molecule has 41 heavy (non-hydrogen) atoms. The summed E-state index contributed by atoms with van der Waals surface area (Å²) in [4.78, 5) is 24.5. The number of carbonyl (C=O) groups is 2. The third-order valence-electron chi connectivity index (χ3n) is 7.32. The molecule has 6 nitrogen and oxygen atoms in total. The molecule has 0 atom stereocenters. The van der Waals surface area contributed by atoms with Crippen LogP contribution >= 0.6 is 36.6 Å². The summed E-state index contributed by atoms with van der Waals surface area (Å²) < 4.78 is 12.3. The molecule has 248 valence electrons. The molecular formula is C32H68Cl2N2O4S+2. The third-order valence-corrected chi connectivity index (χ3v) is 8.26. The number of hydrogen-bond acceptors (Lipinski definition) is 5. The molecule has 0 aliphatic rings. The van der Waals surface area contributed by atoms with Gasteiger partial charge in [0.1, 0.15) is 0 Å². The fraction of sp³-hybridized carbons (Fsp3) is 0.938. The van der Waals surface area contributed by atoms with Gasteiger partial charge in [-0.25, -0.2) is 9.59 Å². The summed E-state index contributed by atoms with van der Waals surface area (Å²) in [5, 5.41) is 0. The number of nitrogens with zero attached hydrogens (tertiary/aromatic N) is 2. The molecule has 0 spiro atoms. The fourth-order valence-electron chi connectivity index (χ4n) is 4.52. The largest absolute Gasteiger partial charge is 0.462 e. The first-order valence-corrected chi connectivity index (χ1v) is 17.3. The van der Waals surface area contributed by atoms with Gasteiger partial charge in [0.25, 0.3) is 0 Å². The lowest BCUT2D eigenvalue weighted by atomic mass is 10.1. The van der Waals surface area contributed by atoms with E-state index in [1.165, 1.54) is 77.0 Å². The van der Waals surface area contributed by atoms with Crippen LogP contribution in [-0.2, 0) is 19.1 Å². The number of ether oxygens (including phenoxy) is 2. The van der Waals surface area contributed by atoms with E-state index in [4.69, 9.17) is 9.47 Å². The maximum atomic E-state index is 12.3. The predicted octanol–water partition coefficient (Wildman–Crippen LogP) is 8.08. The molecule has 0 aromatic carbocycles. The molecule has 0 aromatic heterocycles. The van der Waals surface area contributed by atoms with Crippen LogP contribution < -0.4 is 0 Å². The highest BCUT2D eigenvalue weighted by Crippen LogP contribution is 2.11. The molecule has 0 aromatic rings. The first kappa shape index (κ1) is 45.2. The van der Waals surface area contributed by atoms with Crippen molar-refractivity contribution in [2.45, 2.75) is 117 Å². The van der Waals surface area contributed by atoms with E-state index in [-0.39, 0.29) is 36.8 Å². The summed E-state index contributed by atoms with van der Waals surface area (Å²) in [6, 6.07) is 0. The van der Waals surface area contributed by atoms with Crippen molar-refractivity contribution in [3.05, 3.63) is 0 Å². The lowest BCUT2D eigenvalue weighted by molar-refractivity contribution is -0.881. The molecule has 0 radical (unpaired) electrons. The standard InChI is InChI=1S/C32H66N2O4S.2ClH/c1-7-9-11-13-15-17-19-21-25-37-31(35)29-33(3,4)23-27-39-28-24-34(5,6)30-32(36)38-26-22-20-18-16-14-12-10-8-2;;/h7-30H2,1-6H3;2*1H/q+2;;. The van der Waals surface area contributed by atoms with Gasteiger partial charge in [-0.1, -0.05) is 104 Å². The first-order chi connectivity index (χ1) is 18.6. The molecule has 0 saturated carbocycles. The van der Waals surface area contributed by atoms with Crippen LogP contribution in [0.3, 0.4) is 0 Å². The summed E-state index contributed by atoms with van der Waals surface area (Å²) in [5.41, 5.74) is 0. The second kappa shape index (κ2) is 29.8. The van der Waals surface area contributed by atoms with Crippen molar-refractivity contribution in [2.75, 3.05) is 79.1 Å². The van der Waals surface area contributed by atoms with Gasteiger partial charge >= 0.3 is 11.9 Å². The Kier molecular flexibility index (Phi) is 32.9. The van der Waals surface area contributed by atoms with Gasteiger partial charge in [-0.05, 0) is 12.8 Å². The molecule has 0 N–H and O–H groups in total. The van der Waals surface area contributed by atoms with Gasteiger partial charge in [-0.2, -0.15) is 11.8 Å². The highest BCUT2D eigenvalue weighted by atomic mass is 35.5. The predicted molar refractivity (Wildman–Crippen MR) is 183 cm³/mol. The number of quaternary nitrogens is 2. The van der Waals surface area contributed by atoms with Crippen LogP contribution in [0.2, 0.25) is 0 Å². The Morgan fingerprint density at radius 2 is 0.805 bits per heavy atom. The van der Waals surface area contributed by atoms with Crippen molar-refractivity contribution in [2.24, 2.45) is 0 Å². The highest BCUT2D eigenvalue weighted by molar-refractivity contribution is 7.99. The van der Waals surface area contributed by atoms with E-state index in [0.29, 0.717) is 35.3 Å². The number of halogens is 2. The minimum absolute atomic E-state index is 0. The smallest absolute Gasteiger partial charge is 0.361 e. The van der Waals surface area contributed by atoms with Crippen LogP contribution in [0.25, 0.3) is 0 Å². The highest BCUT2D eigenvalue weighted by Gasteiger charge is 2.23. The van der Waals surface area contributed by atoms with Crippen LogP contribution in [-0.4, -0.2) is 100.0 Å². The van der Waals surface area contributed by atoms with Crippen molar-refractivity contribution < 1.29 is 28.0 Å². The normalized spacial score (nSPS) is 11.5. The van der Waals surface area contributed by atoms with Gasteiger partial charge in [-0.15, -0.1) is 24.8 Å². The topological polar surface area (TPSA) is 52.6 Å². The number of esters is 2. The zero-order valence-electron chi connectivity index (χ0n) is 27.7. The molecule has 0 rings (SSSR count). The Bertz CT molecular complexity index is 560. The number of thioether (sulfide) groups is 1. The van der Waals surface area contributed by atoms with Crippen LogP contribution in [0.1, 0.15) is 117 Å². The number of carbonyl (C=O) groups excluding carboxylic acids is 2. The Hall–Kier alpha value is -0.210. The van der Waals surface area contributed by atoms with Gasteiger partial charge in [0, 0.05) is 11.5 Å². The van der Waals surface area contributed by atoms with Crippen LogP contribution in [0.4, 0.5) is 0 Å². The molecule has 0 saturated heterocycles. The lowest BCUT2D eigenvalue weighted by Crippen LogP contribution is -2.47. The summed E-state index contributed by atoms with van der Waals surface area (Å²) >= 11 is 1.89. The quantitative estimate of drug-likeness (QED) is 0.0488. The van der Waals surface area contributed by atoms with Crippen LogP contribution in [0.15, 0.2) is 0 Å². The molecule has 0 fully saturated rings. The maximum absolute atomic E-state index is 12.3. The molecule has 0 aliphatic carbocycles. The summed E-state index contributed by atoms with van der Waals surface area (Å²) in [6.07, 6.45) is 20.0. The number of unbranched alkanes of at least 4 members (excludes halogenated alkanes) is 14. The molecule has 0 unspecified atom stereocenters. The second-order valence-corrected chi connectivity index (χ2v) is 13.9. The van der Waals surface area contributed by atoms with E-state index in [9.17, 15) is 9.59 Å². The Morgan fingerprint density at radius 1 is 0.512 bits per heavy atom. The van der Waals surface area contributed by atoms with Gasteiger partial charge in [-0.3, -0.25) is 0 Å². The Labute approximate surface area is 271 Å². The van der Waals surface area contributed by atoms with Crippen LogP contribution in [0.5, 0.6) is 0 Å². The van der Waals surface area contributed by atoms with Gasteiger partial charge < -0.3 is 18.4 Å². The molecule has 0 heterocycles. The second-order valence-electron chi connectivity index (χ2n) is 12.6. The summed E-state index contributed by atoms with van der Waals surface area (Å²) in [5.74, 6) is 1.80. The van der Waals surface area contributed by atoms with Crippen LogP contribution in [0, 0.1) is 0 Å². The zero-order valence-corrected chi connectivity index (χ0v) is 30.2.